The van der Waals surface area contributed by atoms with Gasteiger partial charge in [-0.3, -0.25) is 9.59 Å². The molecule has 0 saturated carbocycles. The number of hydrogen-bond donors (Lipinski definition) is 2. The van der Waals surface area contributed by atoms with Crippen LogP contribution in [0, 0.1) is 0 Å². The highest BCUT2D eigenvalue weighted by Gasteiger charge is 2.09. The standard InChI is InChI=1S/C20H21Cl2N3O3S/c1-25(2)19(27)13-5-8-15(9-6-13)23-20(29)24-18(26)4-3-11-28-17-10-7-14(21)12-16(17)22/h5-10,12H,3-4,11H2,1-2H3,(H2,23,24,26,29). The van der Waals surface area contributed by atoms with Crippen LogP contribution in [0.5, 0.6) is 5.75 Å². The van der Waals surface area contributed by atoms with Crippen molar-refractivity contribution in [2.24, 2.45) is 0 Å². The normalized spacial score (nSPS) is 10.2. The van der Waals surface area contributed by atoms with E-state index in [1.165, 1.54) is 4.90 Å². The number of hydrogen-bond acceptors (Lipinski definition) is 4. The molecule has 0 atom stereocenters. The highest BCUT2D eigenvalue weighted by Crippen LogP contribution is 2.27. The van der Waals surface area contributed by atoms with Crippen LogP contribution >= 0.6 is 35.4 Å². The summed E-state index contributed by atoms with van der Waals surface area (Å²) < 4.78 is 5.54. The van der Waals surface area contributed by atoms with Gasteiger partial charge in [0.1, 0.15) is 5.75 Å². The van der Waals surface area contributed by atoms with Crippen LogP contribution in [0.25, 0.3) is 0 Å². The third-order valence-corrected chi connectivity index (χ3v) is 4.48. The quantitative estimate of drug-likeness (QED) is 0.481. The Morgan fingerprint density at radius 3 is 2.41 bits per heavy atom. The van der Waals surface area contributed by atoms with Gasteiger partial charge in [-0.1, -0.05) is 23.2 Å². The zero-order valence-electron chi connectivity index (χ0n) is 16.0. The van der Waals surface area contributed by atoms with E-state index in [9.17, 15) is 9.59 Å². The maximum Gasteiger partial charge on any atom is 0.253 e. The fourth-order valence-electron chi connectivity index (χ4n) is 2.31. The summed E-state index contributed by atoms with van der Waals surface area (Å²) in [4.78, 5) is 25.4. The first-order valence-corrected chi connectivity index (χ1v) is 9.93. The summed E-state index contributed by atoms with van der Waals surface area (Å²) in [5.41, 5.74) is 1.24. The van der Waals surface area contributed by atoms with Gasteiger partial charge in [0, 0.05) is 36.8 Å². The minimum atomic E-state index is -0.229. The number of rotatable bonds is 7. The van der Waals surface area contributed by atoms with Crippen molar-refractivity contribution < 1.29 is 14.3 Å². The fraction of sp³-hybridized carbons (Fsp3) is 0.250. The summed E-state index contributed by atoms with van der Waals surface area (Å²) in [5, 5.41) is 6.65. The summed E-state index contributed by atoms with van der Waals surface area (Å²) in [5.74, 6) is 0.201. The van der Waals surface area contributed by atoms with Gasteiger partial charge in [-0.15, -0.1) is 0 Å². The van der Waals surface area contributed by atoms with E-state index in [1.807, 2.05) is 0 Å². The number of anilines is 1. The van der Waals surface area contributed by atoms with Crippen LogP contribution in [-0.2, 0) is 4.79 Å². The van der Waals surface area contributed by atoms with Crippen molar-refractivity contribution in [3.05, 3.63) is 58.1 Å². The zero-order chi connectivity index (χ0) is 21.4. The van der Waals surface area contributed by atoms with E-state index in [1.54, 1.807) is 56.6 Å². The number of thiocarbonyl (C=S) groups is 1. The number of amides is 2. The predicted molar refractivity (Wildman–Crippen MR) is 120 cm³/mol. The molecule has 0 aliphatic carbocycles. The second-order valence-corrected chi connectivity index (χ2v) is 7.56. The molecule has 0 saturated heterocycles. The highest BCUT2D eigenvalue weighted by atomic mass is 35.5. The van der Waals surface area contributed by atoms with Gasteiger partial charge >= 0.3 is 0 Å². The molecule has 2 aromatic carbocycles. The first-order chi connectivity index (χ1) is 13.8. The van der Waals surface area contributed by atoms with Gasteiger partial charge in [0.05, 0.1) is 11.6 Å². The minimum Gasteiger partial charge on any atom is -0.492 e. The Bertz CT molecular complexity index is 889. The fourth-order valence-corrected chi connectivity index (χ4v) is 3.01. The molecule has 29 heavy (non-hydrogen) atoms. The van der Waals surface area contributed by atoms with E-state index in [4.69, 9.17) is 40.2 Å². The largest absolute Gasteiger partial charge is 0.492 e. The molecule has 154 valence electrons. The smallest absolute Gasteiger partial charge is 0.253 e. The van der Waals surface area contributed by atoms with E-state index in [0.717, 1.165) is 0 Å². The third-order valence-electron chi connectivity index (χ3n) is 3.75. The summed E-state index contributed by atoms with van der Waals surface area (Å²) in [6, 6.07) is 11.8. The Morgan fingerprint density at radius 1 is 1.10 bits per heavy atom. The molecule has 2 aromatic rings. The molecule has 2 rings (SSSR count). The maximum absolute atomic E-state index is 12.0. The van der Waals surface area contributed by atoms with Gasteiger partial charge in [-0.2, -0.15) is 0 Å². The number of halogens is 2. The van der Waals surface area contributed by atoms with E-state index in [-0.39, 0.29) is 23.3 Å². The summed E-state index contributed by atoms with van der Waals surface area (Å²) in [7, 11) is 3.38. The molecule has 2 amide bonds. The lowest BCUT2D eigenvalue weighted by molar-refractivity contribution is -0.119. The second kappa shape index (κ2) is 11.0. The van der Waals surface area contributed by atoms with Gasteiger partial charge in [-0.25, -0.2) is 0 Å². The Labute approximate surface area is 185 Å². The minimum absolute atomic E-state index is 0.0884. The van der Waals surface area contributed by atoms with Crippen molar-refractivity contribution in [1.82, 2.24) is 10.2 Å². The topological polar surface area (TPSA) is 70.7 Å². The Balaban J connectivity index is 1.72. The Hall–Kier alpha value is -2.35. The Morgan fingerprint density at radius 2 is 1.79 bits per heavy atom. The average molecular weight is 454 g/mol. The van der Waals surface area contributed by atoms with Crippen molar-refractivity contribution >= 4 is 58.0 Å². The molecule has 0 aliphatic heterocycles. The van der Waals surface area contributed by atoms with Crippen LogP contribution in [0.2, 0.25) is 10.0 Å². The van der Waals surface area contributed by atoms with Crippen molar-refractivity contribution in [2.45, 2.75) is 12.8 Å². The first-order valence-electron chi connectivity index (χ1n) is 8.76. The summed E-state index contributed by atoms with van der Waals surface area (Å²) in [6.45, 7) is 0.330. The molecule has 0 aliphatic rings. The van der Waals surface area contributed by atoms with Crippen LogP contribution in [0.15, 0.2) is 42.5 Å². The number of ether oxygens (including phenoxy) is 1. The molecular weight excluding hydrogens is 433 g/mol. The van der Waals surface area contributed by atoms with E-state index in [0.29, 0.717) is 40.1 Å². The van der Waals surface area contributed by atoms with Gasteiger partial charge in [-0.05, 0) is 61.1 Å². The number of carbonyl (C=O) groups excluding carboxylic acids is 2. The molecule has 0 unspecified atom stereocenters. The molecule has 2 N–H and O–H groups in total. The van der Waals surface area contributed by atoms with Crippen LogP contribution < -0.4 is 15.4 Å². The number of nitrogens with zero attached hydrogens (tertiary/aromatic N) is 1. The lowest BCUT2D eigenvalue weighted by atomic mass is 10.2. The monoisotopic (exact) mass is 453 g/mol. The van der Waals surface area contributed by atoms with Crippen LogP contribution in [0.3, 0.4) is 0 Å². The van der Waals surface area contributed by atoms with Gasteiger partial charge in [0.2, 0.25) is 5.91 Å². The lowest BCUT2D eigenvalue weighted by Gasteiger charge is -2.12. The zero-order valence-corrected chi connectivity index (χ0v) is 18.3. The van der Waals surface area contributed by atoms with Crippen molar-refractivity contribution in [1.29, 1.82) is 0 Å². The van der Waals surface area contributed by atoms with Crippen LogP contribution in [-0.4, -0.2) is 42.5 Å². The molecular formula is C20H21Cl2N3O3S. The van der Waals surface area contributed by atoms with E-state index < -0.39 is 0 Å². The molecule has 0 heterocycles. The lowest BCUT2D eigenvalue weighted by Crippen LogP contribution is -2.34. The SMILES string of the molecule is CN(C)C(=O)c1ccc(NC(=S)NC(=O)CCCOc2ccc(Cl)cc2Cl)cc1. The first kappa shape index (κ1) is 22.9. The highest BCUT2D eigenvalue weighted by molar-refractivity contribution is 7.80. The van der Waals surface area contributed by atoms with Crippen LogP contribution in [0.4, 0.5) is 5.69 Å². The predicted octanol–water partition coefficient (Wildman–Crippen LogP) is 4.37. The van der Waals surface area contributed by atoms with Crippen molar-refractivity contribution in [3.8, 4) is 5.75 Å². The Kier molecular flexibility index (Phi) is 8.70. The third kappa shape index (κ3) is 7.53. The summed E-state index contributed by atoms with van der Waals surface area (Å²) in [6.07, 6.45) is 0.734. The number of benzene rings is 2. The molecule has 0 radical (unpaired) electrons. The molecule has 0 fully saturated rings. The van der Waals surface area contributed by atoms with Gasteiger partial charge in [0.25, 0.3) is 5.91 Å². The van der Waals surface area contributed by atoms with Gasteiger partial charge < -0.3 is 20.3 Å². The second-order valence-electron chi connectivity index (χ2n) is 6.31. The summed E-state index contributed by atoms with van der Waals surface area (Å²) >= 11 is 17.0. The molecule has 0 bridgehead atoms. The molecule has 0 spiro atoms. The maximum atomic E-state index is 12.0. The van der Waals surface area contributed by atoms with E-state index in [2.05, 4.69) is 10.6 Å². The van der Waals surface area contributed by atoms with Crippen molar-refractivity contribution in [2.75, 3.05) is 26.0 Å². The molecule has 6 nitrogen and oxygen atoms in total. The molecule has 9 heteroatoms. The number of nitrogens with one attached hydrogen (secondary N) is 2. The average Bonchev–Trinajstić information content (AvgIpc) is 2.66. The molecule has 0 aromatic heterocycles. The van der Waals surface area contributed by atoms with Crippen molar-refractivity contribution in [3.63, 3.8) is 0 Å². The van der Waals surface area contributed by atoms with E-state index >= 15 is 0 Å². The number of carbonyl (C=O) groups is 2. The van der Waals surface area contributed by atoms with Crippen LogP contribution in [0.1, 0.15) is 23.2 Å². The van der Waals surface area contributed by atoms with Gasteiger partial charge in [0.15, 0.2) is 5.11 Å².